The highest BCUT2D eigenvalue weighted by Gasteiger charge is 2.12. The summed E-state index contributed by atoms with van der Waals surface area (Å²) in [7, 11) is 0. The minimum atomic E-state index is 0.151. The van der Waals surface area contributed by atoms with Gasteiger partial charge in [0.15, 0.2) is 5.82 Å². The van der Waals surface area contributed by atoms with E-state index in [1.54, 1.807) is 0 Å². The molecule has 0 radical (unpaired) electrons. The Balaban J connectivity index is 1.85. The molecular weight excluding hydrogens is 281 g/mol. The Morgan fingerprint density at radius 1 is 1.53 bits per heavy atom. The quantitative estimate of drug-likeness (QED) is 0.918. The Bertz CT molecular complexity index is 472. The zero-order valence-corrected chi connectivity index (χ0v) is 11.4. The molecule has 0 aromatic carbocycles. The molecule has 2 rings (SSSR count). The van der Waals surface area contributed by atoms with Crippen molar-refractivity contribution in [2.75, 3.05) is 6.54 Å². The smallest absolute Gasteiger partial charge is 0.213 e. The third kappa shape index (κ3) is 3.42. The number of halogens is 2. The molecule has 7 heteroatoms. The largest absolute Gasteiger partial charge is 0.343 e. The number of thiophene rings is 1. The zero-order chi connectivity index (χ0) is 12.3. The number of rotatable bonds is 5. The van der Waals surface area contributed by atoms with Gasteiger partial charge in [0.05, 0.1) is 8.67 Å². The molecular formula is C10H11Cl2N3OS. The predicted octanol–water partition coefficient (Wildman–Crippen LogP) is 3.33. The molecule has 2 aromatic rings. The second-order valence-corrected chi connectivity index (χ2v) is 5.84. The van der Waals surface area contributed by atoms with Crippen LogP contribution in [0.1, 0.15) is 24.4 Å². The first-order valence-corrected chi connectivity index (χ1v) is 6.67. The molecule has 4 nitrogen and oxygen atoms in total. The Morgan fingerprint density at radius 2 is 2.35 bits per heavy atom. The minimum absolute atomic E-state index is 0.151. The van der Waals surface area contributed by atoms with Crippen molar-refractivity contribution in [2.45, 2.75) is 19.4 Å². The summed E-state index contributed by atoms with van der Waals surface area (Å²) in [4.78, 5) is 3.94. The van der Waals surface area contributed by atoms with Gasteiger partial charge in [-0.3, -0.25) is 0 Å². The third-order valence-electron chi connectivity index (χ3n) is 2.36. The summed E-state index contributed by atoms with van der Waals surface area (Å²) in [5.41, 5.74) is 1.02. The van der Waals surface area contributed by atoms with Crippen LogP contribution in [0.2, 0.25) is 8.67 Å². The lowest BCUT2D eigenvalue weighted by Crippen LogP contribution is -2.21. The molecule has 17 heavy (non-hydrogen) atoms. The van der Waals surface area contributed by atoms with Gasteiger partial charge in [0, 0.05) is 19.0 Å². The first-order chi connectivity index (χ1) is 8.16. The average molecular weight is 292 g/mol. The van der Waals surface area contributed by atoms with Crippen molar-refractivity contribution in [2.24, 2.45) is 0 Å². The van der Waals surface area contributed by atoms with Gasteiger partial charge in [-0.05, 0) is 18.6 Å². The molecule has 0 saturated heterocycles. The summed E-state index contributed by atoms with van der Waals surface area (Å²) >= 11 is 13.4. The van der Waals surface area contributed by atoms with Gasteiger partial charge in [-0.15, -0.1) is 11.3 Å². The molecule has 0 aliphatic rings. The second-order valence-electron chi connectivity index (χ2n) is 3.55. The van der Waals surface area contributed by atoms with Crippen LogP contribution in [0.25, 0.3) is 0 Å². The highest BCUT2D eigenvalue weighted by Crippen LogP contribution is 2.34. The van der Waals surface area contributed by atoms with Crippen molar-refractivity contribution < 1.29 is 4.52 Å². The third-order valence-corrected chi connectivity index (χ3v) is 3.87. The van der Waals surface area contributed by atoms with Crippen LogP contribution in [-0.2, 0) is 6.42 Å². The highest BCUT2D eigenvalue weighted by atomic mass is 35.5. The lowest BCUT2D eigenvalue weighted by Gasteiger charge is -2.11. The molecule has 0 saturated carbocycles. The Morgan fingerprint density at radius 3 is 2.94 bits per heavy atom. The topological polar surface area (TPSA) is 51.0 Å². The molecule has 1 N–H and O–H groups in total. The second kappa shape index (κ2) is 5.82. The van der Waals surface area contributed by atoms with Crippen LogP contribution < -0.4 is 5.32 Å². The van der Waals surface area contributed by atoms with Crippen molar-refractivity contribution in [3.05, 3.63) is 32.5 Å². The van der Waals surface area contributed by atoms with Crippen molar-refractivity contribution in [1.29, 1.82) is 0 Å². The van der Waals surface area contributed by atoms with E-state index < -0.39 is 0 Å². The Hall–Kier alpha value is -0.620. The lowest BCUT2D eigenvalue weighted by molar-refractivity contribution is 0.408. The van der Waals surface area contributed by atoms with Crippen molar-refractivity contribution in [3.8, 4) is 0 Å². The standard InChI is InChI=1S/C10H11Cl2N3OS/c1-6(7-4-8(11)17-10(7)12)13-3-2-9-14-5-16-15-9/h4-6,13H,2-3H2,1H3. The summed E-state index contributed by atoms with van der Waals surface area (Å²) < 4.78 is 6.09. The van der Waals surface area contributed by atoms with E-state index in [9.17, 15) is 0 Å². The number of nitrogens with one attached hydrogen (secondary N) is 1. The average Bonchev–Trinajstić information content (AvgIpc) is 2.88. The van der Waals surface area contributed by atoms with Crippen LogP contribution in [-0.4, -0.2) is 16.7 Å². The first-order valence-electron chi connectivity index (χ1n) is 5.10. The van der Waals surface area contributed by atoms with Crippen molar-refractivity contribution >= 4 is 34.5 Å². The molecule has 0 aliphatic carbocycles. The molecule has 92 valence electrons. The monoisotopic (exact) mass is 291 g/mol. The molecule has 0 bridgehead atoms. The van der Waals surface area contributed by atoms with Crippen LogP contribution in [0.3, 0.4) is 0 Å². The summed E-state index contributed by atoms with van der Waals surface area (Å²) in [6.07, 6.45) is 2.05. The van der Waals surface area contributed by atoms with E-state index in [0.29, 0.717) is 10.2 Å². The van der Waals surface area contributed by atoms with E-state index in [1.807, 2.05) is 13.0 Å². The van der Waals surface area contributed by atoms with Gasteiger partial charge in [-0.2, -0.15) is 4.98 Å². The maximum Gasteiger partial charge on any atom is 0.213 e. The maximum absolute atomic E-state index is 6.07. The van der Waals surface area contributed by atoms with E-state index in [4.69, 9.17) is 23.2 Å². The van der Waals surface area contributed by atoms with Gasteiger partial charge in [0.1, 0.15) is 0 Å². The normalized spacial score (nSPS) is 12.9. The lowest BCUT2D eigenvalue weighted by atomic mass is 10.2. The van der Waals surface area contributed by atoms with E-state index in [1.165, 1.54) is 17.7 Å². The van der Waals surface area contributed by atoms with Crippen molar-refractivity contribution in [1.82, 2.24) is 15.5 Å². The SMILES string of the molecule is CC(NCCc1ncon1)c1cc(Cl)sc1Cl. The van der Waals surface area contributed by atoms with Gasteiger partial charge in [0.2, 0.25) is 6.39 Å². The van der Waals surface area contributed by atoms with Crippen LogP contribution in [0.5, 0.6) is 0 Å². The highest BCUT2D eigenvalue weighted by molar-refractivity contribution is 7.20. The van der Waals surface area contributed by atoms with Gasteiger partial charge in [-0.25, -0.2) is 0 Å². The summed E-state index contributed by atoms with van der Waals surface area (Å²) in [5, 5.41) is 7.07. The number of nitrogens with zero attached hydrogens (tertiary/aromatic N) is 2. The van der Waals surface area contributed by atoms with Crippen LogP contribution in [0, 0.1) is 0 Å². The first kappa shape index (κ1) is 12.8. The van der Waals surface area contributed by atoms with E-state index in [-0.39, 0.29) is 6.04 Å². The molecule has 0 spiro atoms. The van der Waals surface area contributed by atoms with Gasteiger partial charge < -0.3 is 9.84 Å². The number of aromatic nitrogens is 2. The summed E-state index contributed by atoms with van der Waals surface area (Å²) in [6, 6.07) is 2.04. The van der Waals surface area contributed by atoms with Crippen LogP contribution >= 0.6 is 34.5 Å². The molecule has 0 fully saturated rings. The number of hydrogen-bond acceptors (Lipinski definition) is 5. The maximum atomic E-state index is 6.07. The summed E-state index contributed by atoms with van der Waals surface area (Å²) in [6.45, 7) is 2.80. The van der Waals surface area contributed by atoms with E-state index in [2.05, 4.69) is 20.0 Å². The van der Waals surface area contributed by atoms with Gasteiger partial charge >= 0.3 is 0 Å². The molecule has 1 unspecified atom stereocenters. The summed E-state index contributed by atoms with van der Waals surface area (Å²) in [5.74, 6) is 0.694. The van der Waals surface area contributed by atoms with Crippen LogP contribution in [0.4, 0.5) is 0 Å². The molecule has 0 aliphatic heterocycles. The Labute approximate surface area is 113 Å². The molecule has 2 aromatic heterocycles. The predicted molar refractivity (Wildman–Crippen MR) is 68.8 cm³/mol. The van der Waals surface area contributed by atoms with Crippen molar-refractivity contribution in [3.63, 3.8) is 0 Å². The van der Waals surface area contributed by atoms with Crippen LogP contribution in [0.15, 0.2) is 17.0 Å². The Kier molecular flexibility index (Phi) is 4.39. The fourth-order valence-electron chi connectivity index (χ4n) is 1.46. The number of hydrogen-bond donors (Lipinski definition) is 1. The van der Waals surface area contributed by atoms with Gasteiger partial charge in [0.25, 0.3) is 0 Å². The fourth-order valence-corrected chi connectivity index (χ4v) is 3.11. The molecule has 0 amide bonds. The van der Waals surface area contributed by atoms with E-state index >= 15 is 0 Å². The van der Waals surface area contributed by atoms with E-state index in [0.717, 1.165) is 22.9 Å². The van der Waals surface area contributed by atoms with Gasteiger partial charge in [-0.1, -0.05) is 28.4 Å². The minimum Gasteiger partial charge on any atom is -0.343 e. The molecule has 1 atom stereocenters. The molecule has 2 heterocycles. The fraction of sp³-hybridized carbons (Fsp3) is 0.400. The zero-order valence-electron chi connectivity index (χ0n) is 9.11.